The van der Waals surface area contributed by atoms with E-state index in [1.165, 1.54) is 0 Å². The number of amides is 2. The fourth-order valence-corrected chi connectivity index (χ4v) is 1.47. The molecule has 1 unspecified atom stereocenters. The molecule has 0 aromatic carbocycles. The Labute approximate surface area is 109 Å². The normalized spacial score (nSPS) is 19.1. The van der Waals surface area contributed by atoms with E-state index in [4.69, 9.17) is 5.73 Å². The molecule has 4 nitrogen and oxygen atoms in total. The van der Waals surface area contributed by atoms with Crippen LogP contribution in [0.5, 0.6) is 0 Å². The van der Waals surface area contributed by atoms with Crippen LogP contribution in [0.4, 0.5) is 0 Å². The lowest BCUT2D eigenvalue weighted by Crippen LogP contribution is -2.27. The van der Waals surface area contributed by atoms with Gasteiger partial charge in [-0.15, -0.1) is 6.58 Å². The lowest BCUT2D eigenvalue weighted by atomic mass is 10.0. The van der Waals surface area contributed by atoms with E-state index in [1.807, 2.05) is 13.8 Å². The van der Waals surface area contributed by atoms with E-state index in [0.29, 0.717) is 5.57 Å². The first-order valence-corrected chi connectivity index (χ1v) is 6.29. The Morgan fingerprint density at radius 3 is 2.50 bits per heavy atom. The molecule has 0 spiro atoms. The van der Waals surface area contributed by atoms with Crippen molar-refractivity contribution in [2.24, 2.45) is 17.6 Å². The van der Waals surface area contributed by atoms with Crippen LogP contribution in [0.1, 0.15) is 33.1 Å². The summed E-state index contributed by atoms with van der Waals surface area (Å²) in [6, 6.07) is 0. The number of carbonyl (C=O) groups excluding carboxylic acids is 2. The Kier molecular flexibility index (Phi) is 7.76. The Morgan fingerprint density at radius 2 is 2.11 bits per heavy atom. The second kappa shape index (κ2) is 8.50. The lowest BCUT2D eigenvalue weighted by molar-refractivity contribution is -0.123. The van der Waals surface area contributed by atoms with Crippen molar-refractivity contribution in [3.63, 3.8) is 0 Å². The maximum absolute atomic E-state index is 11.1. The van der Waals surface area contributed by atoms with Gasteiger partial charge in [-0.25, -0.2) is 0 Å². The zero-order valence-corrected chi connectivity index (χ0v) is 11.4. The van der Waals surface area contributed by atoms with Crippen LogP contribution in [0.2, 0.25) is 0 Å². The van der Waals surface area contributed by atoms with Crippen molar-refractivity contribution < 1.29 is 9.59 Å². The molecule has 0 bridgehead atoms. The minimum Gasteiger partial charge on any atom is -0.366 e. The molecule has 102 valence electrons. The van der Waals surface area contributed by atoms with Crippen LogP contribution in [-0.2, 0) is 9.59 Å². The molecule has 0 saturated carbocycles. The predicted octanol–water partition coefficient (Wildman–Crippen LogP) is 1.77. The maximum Gasteiger partial charge on any atom is 0.244 e. The average molecular weight is 252 g/mol. The second-order valence-corrected chi connectivity index (χ2v) is 4.67. The molecule has 2 amide bonds. The molecule has 1 aliphatic rings. The zero-order chi connectivity index (χ0) is 14.1. The van der Waals surface area contributed by atoms with Crippen LogP contribution in [0.3, 0.4) is 0 Å². The molecule has 4 heteroatoms. The van der Waals surface area contributed by atoms with Crippen LogP contribution in [0, 0.1) is 11.8 Å². The molecule has 0 aromatic rings. The van der Waals surface area contributed by atoms with Gasteiger partial charge in [0.05, 0.1) is 5.92 Å². The van der Waals surface area contributed by atoms with Crippen LogP contribution in [0.15, 0.2) is 24.8 Å². The lowest BCUT2D eigenvalue weighted by Gasteiger charge is -2.05. The molecule has 3 N–H and O–H groups in total. The Bertz CT molecular complexity index is 322. The fraction of sp³-hybridized carbons (Fsp3) is 0.571. The summed E-state index contributed by atoms with van der Waals surface area (Å²) in [6.45, 7) is 11.7. The van der Waals surface area contributed by atoms with Gasteiger partial charge in [0.1, 0.15) is 0 Å². The van der Waals surface area contributed by atoms with E-state index < -0.39 is 5.91 Å². The third-order valence-corrected chi connectivity index (χ3v) is 2.88. The first kappa shape index (κ1) is 16.4. The maximum atomic E-state index is 11.1. The quantitative estimate of drug-likeness (QED) is 0.593. The van der Waals surface area contributed by atoms with Crippen molar-refractivity contribution in [1.82, 2.24) is 5.32 Å². The number of carbonyl (C=O) groups is 2. The molecule has 1 rings (SSSR count). The summed E-state index contributed by atoms with van der Waals surface area (Å²) in [6.07, 6.45) is 4.95. The van der Waals surface area contributed by atoms with Crippen molar-refractivity contribution in [2.45, 2.75) is 33.1 Å². The molecule has 1 saturated heterocycles. The van der Waals surface area contributed by atoms with Crippen LogP contribution in [-0.4, -0.2) is 18.4 Å². The summed E-state index contributed by atoms with van der Waals surface area (Å²) in [5.41, 5.74) is 5.39. The SMILES string of the molecule is C=C(C(N)=O)C(C)C.C=CC1CCCCNC1=O. The number of hydrogen-bond donors (Lipinski definition) is 2. The van der Waals surface area contributed by atoms with Gasteiger partial charge in [-0.2, -0.15) is 0 Å². The van der Waals surface area contributed by atoms with E-state index in [9.17, 15) is 9.59 Å². The third kappa shape index (κ3) is 6.23. The number of rotatable bonds is 3. The van der Waals surface area contributed by atoms with Gasteiger partial charge in [-0.1, -0.05) is 32.9 Å². The Hall–Kier alpha value is -1.58. The van der Waals surface area contributed by atoms with Crippen molar-refractivity contribution in [1.29, 1.82) is 0 Å². The van der Waals surface area contributed by atoms with Gasteiger partial charge >= 0.3 is 0 Å². The molecule has 1 aliphatic heterocycles. The van der Waals surface area contributed by atoms with Gasteiger partial charge in [-0.05, 0) is 18.8 Å². The average Bonchev–Trinajstić information content (AvgIpc) is 2.53. The van der Waals surface area contributed by atoms with Crippen molar-refractivity contribution in [3.05, 3.63) is 24.8 Å². The molecule has 0 aromatic heterocycles. The number of nitrogens with two attached hydrogens (primary N) is 1. The number of nitrogens with one attached hydrogen (secondary N) is 1. The summed E-state index contributed by atoms with van der Waals surface area (Å²) in [7, 11) is 0. The van der Waals surface area contributed by atoms with Crippen molar-refractivity contribution in [3.8, 4) is 0 Å². The van der Waals surface area contributed by atoms with Gasteiger partial charge < -0.3 is 11.1 Å². The number of hydrogen-bond acceptors (Lipinski definition) is 2. The highest BCUT2D eigenvalue weighted by atomic mass is 16.2. The van der Waals surface area contributed by atoms with Crippen LogP contribution in [0.25, 0.3) is 0 Å². The van der Waals surface area contributed by atoms with Crippen molar-refractivity contribution in [2.75, 3.05) is 6.54 Å². The van der Waals surface area contributed by atoms with E-state index in [2.05, 4.69) is 18.5 Å². The predicted molar refractivity (Wildman–Crippen MR) is 73.7 cm³/mol. The molecule has 0 aliphatic carbocycles. The first-order valence-electron chi connectivity index (χ1n) is 6.29. The monoisotopic (exact) mass is 252 g/mol. The minimum atomic E-state index is -0.403. The molecule has 1 heterocycles. The summed E-state index contributed by atoms with van der Waals surface area (Å²) in [4.78, 5) is 21.3. The summed E-state index contributed by atoms with van der Waals surface area (Å²) < 4.78 is 0. The second-order valence-electron chi connectivity index (χ2n) is 4.67. The fourth-order valence-electron chi connectivity index (χ4n) is 1.47. The molecule has 1 fully saturated rings. The van der Waals surface area contributed by atoms with Crippen molar-refractivity contribution >= 4 is 11.8 Å². The Balaban J connectivity index is 0.000000331. The highest BCUT2D eigenvalue weighted by Crippen LogP contribution is 2.12. The molecule has 1 atom stereocenters. The van der Waals surface area contributed by atoms with E-state index in [-0.39, 0.29) is 17.7 Å². The molecule has 18 heavy (non-hydrogen) atoms. The summed E-state index contributed by atoms with van der Waals surface area (Å²) in [5, 5.41) is 2.84. The van der Waals surface area contributed by atoms with Crippen LogP contribution < -0.4 is 11.1 Å². The Morgan fingerprint density at radius 1 is 1.50 bits per heavy atom. The molecule has 0 radical (unpaired) electrons. The number of primary amides is 1. The van der Waals surface area contributed by atoms with Crippen LogP contribution >= 0.6 is 0 Å². The van der Waals surface area contributed by atoms with Gasteiger partial charge in [0.15, 0.2) is 0 Å². The standard InChI is InChI=1S/C8H13NO.C6H11NO/c1-2-7-5-3-4-6-9-8(7)10;1-4(2)5(3)6(7)8/h2,7H,1,3-6H2,(H,9,10);4H,3H2,1-2H3,(H2,7,8). The summed E-state index contributed by atoms with van der Waals surface area (Å²) in [5.74, 6) is -0.0255. The van der Waals surface area contributed by atoms with E-state index in [1.54, 1.807) is 6.08 Å². The van der Waals surface area contributed by atoms with Gasteiger partial charge in [0.25, 0.3) is 0 Å². The highest BCUT2D eigenvalue weighted by Gasteiger charge is 2.16. The van der Waals surface area contributed by atoms with E-state index in [0.717, 1.165) is 25.8 Å². The summed E-state index contributed by atoms with van der Waals surface area (Å²) >= 11 is 0. The van der Waals surface area contributed by atoms with Gasteiger partial charge in [0.2, 0.25) is 11.8 Å². The molecular weight excluding hydrogens is 228 g/mol. The highest BCUT2D eigenvalue weighted by molar-refractivity contribution is 5.91. The topological polar surface area (TPSA) is 72.2 Å². The minimum absolute atomic E-state index is 0.0579. The van der Waals surface area contributed by atoms with Gasteiger partial charge in [-0.3, -0.25) is 9.59 Å². The third-order valence-electron chi connectivity index (χ3n) is 2.88. The molecular formula is C14H24N2O2. The zero-order valence-electron chi connectivity index (χ0n) is 11.4. The van der Waals surface area contributed by atoms with Gasteiger partial charge in [0, 0.05) is 12.1 Å². The first-order chi connectivity index (χ1) is 8.40. The van der Waals surface area contributed by atoms with E-state index >= 15 is 0 Å². The smallest absolute Gasteiger partial charge is 0.244 e. The largest absolute Gasteiger partial charge is 0.366 e.